The van der Waals surface area contributed by atoms with E-state index in [-0.39, 0.29) is 5.41 Å². The van der Waals surface area contributed by atoms with E-state index in [1.54, 1.807) is 0 Å². The molecule has 316 valence electrons. The van der Waals surface area contributed by atoms with Crippen LogP contribution in [0.25, 0.3) is 28.0 Å². The average molecular weight is 814 g/mol. The molecule has 6 aliphatic rings. The third-order valence-corrected chi connectivity index (χ3v) is 16.2. The fraction of sp³-hybridized carbons (Fsp3) is 0.455. The minimum atomic E-state index is -0.813. The lowest BCUT2D eigenvalue weighted by Gasteiger charge is -2.48. The van der Waals surface area contributed by atoms with E-state index in [1.165, 1.54) is 135 Å². The smallest absolute Gasteiger partial charge is 0.180 e. The van der Waals surface area contributed by atoms with Crippen molar-refractivity contribution in [3.8, 4) is 22.6 Å². The number of fused-ring (bicyclic) bond motifs is 8. The molecule has 5 aliphatic heterocycles. The van der Waals surface area contributed by atoms with Gasteiger partial charge in [0.2, 0.25) is 0 Å². The van der Waals surface area contributed by atoms with Gasteiger partial charge in [0.05, 0.1) is 26.2 Å². The second-order valence-corrected chi connectivity index (χ2v) is 19.7. The van der Waals surface area contributed by atoms with Crippen molar-refractivity contribution in [1.82, 2.24) is 14.7 Å². The molecule has 1 unspecified atom stereocenters. The number of hydrogen-bond donors (Lipinski definition) is 1. The molecule has 0 amide bonds. The van der Waals surface area contributed by atoms with E-state index in [4.69, 9.17) is 9.47 Å². The zero-order valence-electron chi connectivity index (χ0n) is 36.9. The van der Waals surface area contributed by atoms with E-state index >= 15 is 0 Å². The highest BCUT2D eigenvalue weighted by Gasteiger charge is 2.47. The molecule has 0 bridgehead atoms. The number of hydrogen-bond acceptors (Lipinski definition) is 5. The summed E-state index contributed by atoms with van der Waals surface area (Å²) >= 11 is 0. The first-order valence-electron chi connectivity index (χ1n) is 23.8. The van der Waals surface area contributed by atoms with Gasteiger partial charge < -0.3 is 24.6 Å². The Bertz CT molecular complexity index is 2430. The summed E-state index contributed by atoms with van der Waals surface area (Å²) in [6.07, 6.45) is 17.6. The molecule has 1 atom stereocenters. The van der Waals surface area contributed by atoms with Gasteiger partial charge in [0.1, 0.15) is 5.75 Å². The molecule has 61 heavy (non-hydrogen) atoms. The third kappa shape index (κ3) is 6.37. The maximum atomic E-state index is 7.84. The van der Waals surface area contributed by atoms with Crippen molar-refractivity contribution in [2.24, 2.45) is 0 Å². The largest absolute Gasteiger partial charge is 0.491 e. The minimum absolute atomic E-state index is 0.208. The number of rotatable bonds is 7. The van der Waals surface area contributed by atoms with Crippen LogP contribution < -0.4 is 24.2 Å². The molecular weight excluding hydrogens is 749 g/mol. The summed E-state index contributed by atoms with van der Waals surface area (Å²) in [5.74, 6) is 1.96. The Morgan fingerprint density at radius 3 is 2.15 bits per heavy atom. The minimum Gasteiger partial charge on any atom is -0.491 e. The topological polar surface area (TPSA) is 37.0 Å². The Morgan fingerprint density at radius 2 is 1.41 bits per heavy atom. The van der Waals surface area contributed by atoms with Crippen molar-refractivity contribution >= 4 is 28.2 Å². The van der Waals surface area contributed by atoms with Crippen LogP contribution in [0.4, 0.5) is 11.4 Å². The van der Waals surface area contributed by atoms with E-state index in [2.05, 4.69) is 132 Å². The second-order valence-electron chi connectivity index (χ2n) is 19.7. The van der Waals surface area contributed by atoms with Gasteiger partial charge in [0, 0.05) is 84.3 Å². The van der Waals surface area contributed by atoms with Crippen LogP contribution >= 0.6 is 0 Å². The summed E-state index contributed by atoms with van der Waals surface area (Å²) in [4.78, 5) is 5.38. The zero-order chi connectivity index (χ0) is 41.2. The second kappa shape index (κ2) is 15.6. The molecular formula is C55H65N4O2+. The van der Waals surface area contributed by atoms with Crippen molar-refractivity contribution in [2.75, 3.05) is 64.4 Å². The van der Waals surface area contributed by atoms with Gasteiger partial charge in [0.25, 0.3) is 0 Å². The summed E-state index contributed by atoms with van der Waals surface area (Å²) in [5, 5.41) is 6.10. The quantitative estimate of drug-likeness (QED) is 0.166. The van der Waals surface area contributed by atoms with Gasteiger partial charge in [-0.05, 0) is 110 Å². The van der Waals surface area contributed by atoms with Crippen LogP contribution in [0.15, 0.2) is 97.1 Å². The summed E-state index contributed by atoms with van der Waals surface area (Å²) in [6.45, 7) is 14.2. The SMILES string of the molecule is COc1cc2c3c(c4c(c2cc1[N+]1(C2CCNCC2)CCCCC1)-c1ccccc1C4(C)C)C=CC(c1ccccc1)(c1ccc(N2CCC(N4CCCCC4)CC2)cc1)O3. The molecule has 4 fully saturated rings. The molecule has 5 heterocycles. The van der Waals surface area contributed by atoms with E-state index in [1.807, 2.05) is 7.11 Å². The van der Waals surface area contributed by atoms with Crippen LogP contribution in [0.1, 0.15) is 106 Å². The van der Waals surface area contributed by atoms with Crippen LogP contribution in [-0.4, -0.2) is 76.5 Å². The van der Waals surface area contributed by atoms with Gasteiger partial charge in [-0.15, -0.1) is 0 Å². The van der Waals surface area contributed by atoms with Crippen LogP contribution in [0.5, 0.6) is 11.5 Å². The zero-order valence-corrected chi connectivity index (χ0v) is 36.9. The summed E-state index contributed by atoms with van der Waals surface area (Å²) in [5.41, 5.74) is 10.6. The first-order valence-corrected chi connectivity index (χ1v) is 23.8. The van der Waals surface area contributed by atoms with Crippen molar-refractivity contribution in [2.45, 2.75) is 101 Å². The molecule has 0 saturated carbocycles. The predicted molar refractivity (Wildman–Crippen MR) is 253 cm³/mol. The molecule has 0 spiro atoms. The van der Waals surface area contributed by atoms with Gasteiger partial charge >= 0.3 is 0 Å². The van der Waals surface area contributed by atoms with E-state index in [0.29, 0.717) is 6.04 Å². The average Bonchev–Trinajstić information content (AvgIpc) is 3.58. The highest BCUT2D eigenvalue weighted by molar-refractivity contribution is 6.10. The summed E-state index contributed by atoms with van der Waals surface area (Å²) < 4.78 is 15.4. The predicted octanol–water partition coefficient (Wildman–Crippen LogP) is 11.2. The number of piperidine rings is 4. The third-order valence-electron chi connectivity index (χ3n) is 16.2. The molecule has 1 aliphatic carbocycles. The lowest BCUT2D eigenvalue weighted by Crippen LogP contribution is -2.62. The number of methoxy groups -OCH3 is 1. The van der Waals surface area contributed by atoms with Crippen LogP contribution in [0.2, 0.25) is 0 Å². The lowest BCUT2D eigenvalue weighted by molar-refractivity contribution is 0.135. The number of nitrogens with one attached hydrogen (secondary N) is 1. The molecule has 5 aromatic rings. The molecule has 6 nitrogen and oxygen atoms in total. The number of anilines is 1. The van der Waals surface area contributed by atoms with Crippen molar-refractivity contribution in [3.63, 3.8) is 0 Å². The van der Waals surface area contributed by atoms with E-state index < -0.39 is 5.60 Å². The number of nitrogens with zero attached hydrogens (tertiary/aromatic N) is 3. The normalized spacial score (nSPS) is 23.9. The van der Waals surface area contributed by atoms with Gasteiger partial charge in [-0.3, -0.25) is 4.48 Å². The maximum absolute atomic E-state index is 7.84. The Balaban J connectivity index is 1.06. The van der Waals surface area contributed by atoms with Gasteiger partial charge in [-0.1, -0.05) is 93.1 Å². The first-order chi connectivity index (χ1) is 29.9. The first kappa shape index (κ1) is 39.2. The lowest BCUT2D eigenvalue weighted by atomic mass is 9.76. The molecule has 0 aromatic heterocycles. The number of quaternary nitrogens is 1. The van der Waals surface area contributed by atoms with E-state index in [0.717, 1.165) is 64.7 Å². The number of likely N-dealkylation sites (tertiary alicyclic amines) is 2. The monoisotopic (exact) mass is 814 g/mol. The van der Waals surface area contributed by atoms with Crippen LogP contribution in [0.3, 0.4) is 0 Å². The van der Waals surface area contributed by atoms with Gasteiger partial charge in [-0.2, -0.15) is 0 Å². The van der Waals surface area contributed by atoms with Crippen LogP contribution in [0, 0.1) is 0 Å². The summed E-state index contributed by atoms with van der Waals surface area (Å²) in [6, 6.07) is 35.7. The molecule has 0 radical (unpaired) electrons. The Labute approximate surface area is 364 Å². The Hall–Kier alpha value is -4.62. The van der Waals surface area contributed by atoms with Crippen molar-refractivity contribution < 1.29 is 9.47 Å². The summed E-state index contributed by atoms with van der Waals surface area (Å²) in [7, 11) is 1.89. The number of ether oxygens (including phenoxy) is 2. The van der Waals surface area contributed by atoms with Gasteiger partial charge in [-0.25, -0.2) is 0 Å². The molecule has 4 saturated heterocycles. The fourth-order valence-electron chi connectivity index (χ4n) is 13.0. The molecule has 11 rings (SSSR count). The van der Waals surface area contributed by atoms with E-state index in [9.17, 15) is 0 Å². The standard InChI is InChI=1S/C55H65N4O2/c1-54(2)48-18-10-9-17-44(48)51-46-37-49(59(35-13-6-14-36-59)43-24-29-56-30-25-43)50(60-3)38-47(46)53-45(52(51)54)23-28-55(61-53,39-15-7-4-8-16-39)40-19-21-41(22-20-40)58-33-26-42(27-34-58)57-31-11-5-12-32-57/h4,7-10,15-23,28,37-38,42-43,56H,5-6,11-14,24-27,29-36H2,1-3H3/q+1. The van der Waals surface area contributed by atoms with Crippen LogP contribution in [-0.2, 0) is 11.0 Å². The fourth-order valence-corrected chi connectivity index (χ4v) is 13.0. The van der Waals surface area contributed by atoms with Gasteiger partial charge in [0.15, 0.2) is 17.0 Å². The Morgan fingerprint density at radius 1 is 0.721 bits per heavy atom. The van der Waals surface area contributed by atoms with Crippen molar-refractivity contribution in [3.05, 3.63) is 125 Å². The number of benzene rings is 5. The highest BCUT2D eigenvalue weighted by Crippen LogP contribution is 2.59. The Kier molecular flexibility index (Phi) is 10.1. The maximum Gasteiger partial charge on any atom is 0.180 e. The molecule has 5 aromatic carbocycles. The molecule has 6 heteroatoms. The molecule has 1 N–H and O–H groups in total. The highest BCUT2D eigenvalue weighted by atomic mass is 16.5. The van der Waals surface area contributed by atoms with Crippen molar-refractivity contribution in [1.29, 1.82) is 0 Å².